The normalized spacial score (nSPS) is 22.2. The molecule has 2 unspecified atom stereocenters. The number of hydrogen-bond acceptors (Lipinski definition) is 4. The van der Waals surface area contributed by atoms with Gasteiger partial charge in [0.25, 0.3) is 0 Å². The van der Waals surface area contributed by atoms with Gasteiger partial charge in [-0.1, -0.05) is 6.42 Å². The lowest BCUT2D eigenvalue weighted by atomic mass is 9.81. The molecule has 2 N–H and O–H groups in total. The van der Waals surface area contributed by atoms with Crippen LogP contribution in [0.5, 0.6) is 0 Å². The number of carboxylic acids is 1. The lowest BCUT2D eigenvalue weighted by Gasteiger charge is -2.25. The van der Waals surface area contributed by atoms with Crippen molar-refractivity contribution in [1.29, 1.82) is 0 Å². The second-order valence-corrected chi connectivity index (χ2v) is 5.21. The second-order valence-electron chi connectivity index (χ2n) is 5.21. The predicted octanol–water partition coefficient (Wildman–Crippen LogP) is 1.29. The largest absolute Gasteiger partial charge is 0.481 e. The Balaban J connectivity index is 1.87. The van der Waals surface area contributed by atoms with E-state index in [1.54, 1.807) is 19.2 Å². The summed E-state index contributed by atoms with van der Waals surface area (Å²) in [6, 6.07) is 1.76. The van der Waals surface area contributed by atoms with Crippen LogP contribution in [0.3, 0.4) is 0 Å². The van der Waals surface area contributed by atoms with Gasteiger partial charge in [-0.05, 0) is 32.3 Å². The quantitative estimate of drug-likeness (QED) is 0.865. The number of carbonyl (C=O) groups is 2. The highest BCUT2D eigenvalue weighted by molar-refractivity contribution is 5.80. The molecule has 20 heavy (non-hydrogen) atoms. The third-order valence-electron chi connectivity index (χ3n) is 3.67. The summed E-state index contributed by atoms with van der Waals surface area (Å²) in [7, 11) is 0. The molecular formula is C14H19N3O3. The maximum absolute atomic E-state index is 12.1. The number of nitrogens with zero attached hydrogens (tertiary/aromatic N) is 2. The molecule has 6 heteroatoms. The zero-order valence-electron chi connectivity index (χ0n) is 11.5. The highest BCUT2D eigenvalue weighted by Crippen LogP contribution is 2.29. The fraction of sp³-hybridized carbons (Fsp3) is 0.571. The van der Waals surface area contributed by atoms with Gasteiger partial charge in [0.05, 0.1) is 18.2 Å². The van der Waals surface area contributed by atoms with E-state index < -0.39 is 5.97 Å². The first kappa shape index (κ1) is 14.4. The van der Waals surface area contributed by atoms with E-state index >= 15 is 0 Å². The monoisotopic (exact) mass is 277 g/mol. The van der Waals surface area contributed by atoms with E-state index in [0.29, 0.717) is 25.2 Å². The van der Waals surface area contributed by atoms with Crippen molar-refractivity contribution < 1.29 is 14.7 Å². The minimum absolute atomic E-state index is 0.0767. The van der Waals surface area contributed by atoms with Crippen LogP contribution >= 0.6 is 0 Å². The van der Waals surface area contributed by atoms with Crippen LogP contribution in [-0.4, -0.2) is 27.0 Å². The number of aliphatic carboxylic acids is 1. The van der Waals surface area contributed by atoms with Gasteiger partial charge in [-0.15, -0.1) is 0 Å². The highest BCUT2D eigenvalue weighted by atomic mass is 16.4. The van der Waals surface area contributed by atoms with E-state index in [1.807, 2.05) is 0 Å². The van der Waals surface area contributed by atoms with E-state index in [2.05, 4.69) is 15.3 Å². The third kappa shape index (κ3) is 3.76. The summed E-state index contributed by atoms with van der Waals surface area (Å²) in [4.78, 5) is 31.3. The Hall–Kier alpha value is -1.98. The Morgan fingerprint density at radius 2 is 2.15 bits per heavy atom. The summed E-state index contributed by atoms with van der Waals surface area (Å²) >= 11 is 0. The summed E-state index contributed by atoms with van der Waals surface area (Å²) in [6.07, 6.45) is 4.32. The Morgan fingerprint density at radius 3 is 2.85 bits per heavy atom. The van der Waals surface area contributed by atoms with Gasteiger partial charge in [-0.2, -0.15) is 0 Å². The zero-order valence-corrected chi connectivity index (χ0v) is 11.5. The molecule has 0 spiro atoms. The van der Waals surface area contributed by atoms with Crippen molar-refractivity contribution in [3.05, 3.63) is 23.8 Å². The van der Waals surface area contributed by atoms with Crippen LogP contribution < -0.4 is 5.32 Å². The van der Waals surface area contributed by atoms with E-state index in [1.165, 1.54) is 0 Å². The van der Waals surface area contributed by atoms with E-state index in [-0.39, 0.29) is 17.7 Å². The number of carbonyl (C=O) groups excluding carboxylic acids is 1. The van der Waals surface area contributed by atoms with Crippen LogP contribution in [0.4, 0.5) is 0 Å². The molecule has 1 aliphatic carbocycles. The first-order valence-corrected chi connectivity index (χ1v) is 6.85. The molecule has 1 amide bonds. The average molecular weight is 277 g/mol. The molecule has 108 valence electrons. The van der Waals surface area contributed by atoms with Crippen LogP contribution in [0, 0.1) is 18.8 Å². The molecule has 2 atom stereocenters. The van der Waals surface area contributed by atoms with Crippen LogP contribution in [0.25, 0.3) is 0 Å². The number of rotatable bonds is 4. The zero-order chi connectivity index (χ0) is 14.5. The maximum atomic E-state index is 12.1. The van der Waals surface area contributed by atoms with Gasteiger partial charge < -0.3 is 10.4 Å². The summed E-state index contributed by atoms with van der Waals surface area (Å²) in [5.74, 6) is -0.796. The highest BCUT2D eigenvalue weighted by Gasteiger charge is 2.30. The van der Waals surface area contributed by atoms with E-state index in [9.17, 15) is 9.59 Å². The number of carboxylic acid groups (broad SMARTS) is 1. The molecule has 1 heterocycles. The van der Waals surface area contributed by atoms with Crippen molar-refractivity contribution in [3.63, 3.8) is 0 Å². The molecule has 1 saturated carbocycles. The number of hydrogen-bond donors (Lipinski definition) is 2. The van der Waals surface area contributed by atoms with Crippen molar-refractivity contribution >= 4 is 11.9 Å². The molecule has 1 aromatic heterocycles. The molecule has 2 rings (SSSR count). The molecule has 0 radical (unpaired) electrons. The van der Waals surface area contributed by atoms with Gasteiger partial charge in [0, 0.05) is 12.1 Å². The lowest BCUT2D eigenvalue weighted by molar-refractivity contribution is -0.144. The second kappa shape index (κ2) is 6.45. The molecule has 0 aromatic carbocycles. The van der Waals surface area contributed by atoms with Crippen LogP contribution in [-0.2, 0) is 16.1 Å². The van der Waals surface area contributed by atoms with Gasteiger partial charge >= 0.3 is 5.97 Å². The smallest absolute Gasteiger partial charge is 0.306 e. The first-order chi connectivity index (χ1) is 9.56. The summed E-state index contributed by atoms with van der Waals surface area (Å²) in [6.45, 7) is 2.15. The average Bonchev–Trinajstić information content (AvgIpc) is 2.45. The summed E-state index contributed by atoms with van der Waals surface area (Å²) in [5, 5.41) is 11.9. The molecular weight excluding hydrogens is 258 g/mol. The minimum atomic E-state index is -0.797. The van der Waals surface area contributed by atoms with E-state index in [0.717, 1.165) is 18.5 Å². The Kier molecular flexibility index (Phi) is 4.65. The van der Waals surface area contributed by atoms with Crippen LogP contribution in [0.1, 0.15) is 37.2 Å². The molecule has 0 saturated heterocycles. The fourth-order valence-corrected chi connectivity index (χ4v) is 2.58. The standard InChI is InChI=1S/C14H19N3O3/c1-9-15-6-5-12(17-9)8-16-13(18)10-3-2-4-11(7-10)14(19)20/h5-6,10-11H,2-4,7-8H2,1H3,(H,16,18)(H,19,20). The Bertz CT molecular complexity index is 504. The van der Waals surface area contributed by atoms with Crippen molar-refractivity contribution in [3.8, 4) is 0 Å². The van der Waals surface area contributed by atoms with Crippen molar-refractivity contribution in [2.45, 2.75) is 39.2 Å². The van der Waals surface area contributed by atoms with Gasteiger partial charge in [0.2, 0.25) is 5.91 Å². The van der Waals surface area contributed by atoms with Crippen LogP contribution in [0.15, 0.2) is 12.3 Å². The number of amides is 1. The first-order valence-electron chi connectivity index (χ1n) is 6.85. The molecule has 1 aliphatic rings. The SMILES string of the molecule is Cc1nccc(CNC(=O)C2CCCC(C(=O)O)C2)n1. The molecule has 6 nitrogen and oxygen atoms in total. The summed E-state index contributed by atoms with van der Waals surface area (Å²) in [5.41, 5.74) is 0.761. The van der Waals surface area contributed by atoms with E-state index in [4.69, 9.17) is 5.11 Å². The van der Waals surface area contributed by atoms with Gasteiger partial charge in [0.15, 0.2) is 0 Å². The van der Waals surface area contributed by atoms with Crippen LogP contribution in [0.2, 0.25) is 0 Å². The summed E-state index contributed by atoms with van der Waals surface area (Å²) < 4.78 is 0. The van der Waals surface area contributed by atoms with Crippen molar-refractivity contribution in [2.75, 3.05) is 0 Å². The molecule has 0 bridgehead atoms. The molecule has 0 aliphatic heterocycles. The third-order valence-corrected chi connectivity index (χ3v) is 3.67. The topological polar surface area (TPSA) is 92.2 Å². The number of nitrogens with one attached hydrogen (secondary N) is 1. The predicted molar refractivity (Wildman–Crippen MR) is 71.7 cm³/mol. The number of aromatic nitrogens is 2. The van der Waals surface area contributed by atoms with Crippen molar-refractivity contribution in [2.24, 2.45) is 11.8 Å². The van der Waals surface area contributed by atoms with Gasteiger partial charge in [-0.25, -0.2) is 9.97 Å². The van der Waals surface area contributed by atoms with Gasteiger partial charge in [-0.3, -0.25) is 9.59 Å². The number of aryl methyl sites for hydroxylation is 1. The Morgan fingerprint density at radius 1 is 1.40 bits per heavy atom. The molecule has 1 fully saturated rings. The molecule has 1 aromatic rings. The van der Waals surface area contributed by atoms with Crippen molar-refractivity contribution in [1.82, 2.24) is 15.3 Å². The van der Waals surface area contributed by atoms with Gasteiger partial charge in [0.1, 0.15) is 5.82 Å². The maximum Gasteiger partial charge on any atom is 0.306 e. The minimum Gasteiger partial charge on any atom is -0.481 e. The lowest BCUT2D eigenvalue weighted by Crippen LogP contribution is -2.35. The fourth-order valence-electron chi connectivity index (χ4n) is 2.58. The Labute approximate surface area is 117 Å².